The van der Waals surface area contributed by atoms with Crippen molar-refractivity contribution >= 4 is 0 Å². The Morgan fingerprint density at radius 1 is 0.465 bits per heavy atom. The molecule has 0 bridgehead atoms. The summed E-state index contributed by atoms with van der Waals surface area (Å²) in [4.78, 5) is 0. The fraction of sp³-hybridized carbons (Fsp3) is 1.00. The summed E-state index contributed by atoms with van der Waals surface area (Å²) in [5, 5.41) is 6.22. The van der Waals surface area contributed by atoms with Crippen LogP contribution in [0.5, 0.6) is 0 Å². The molecule has 1 aliphatic heterocycles. The van der Waals surface area contributed by atoms with Crippen molar-refractivity contribution in [1.82, 2.24) is 15.1 Å². The van der Waals surface area contributed by atoms with Gasteiger partial charge < -0.3 is 34.2 Å². The van der Waals surface area contributed by atoms with E-state index in [9.17, 15) is 0 Å². The van der Waals surface area contributed by atoms with Gasteiger partial charge in [0.2, 0.25) is 0 Å². The van der Waals surface area contributed by atoms with E-state index in [1.807, 2.05) is 72.4 Å². The van der Waals surface area contributed by atoms with Crippen LogP contribution in [0.3, 0.4) is 0 Å². The van der Waals surface area contributed by atoms with Crippen LogP contribution in [0.15, 0.2) is 0 Å². The SMILES string of the molecule is CC(C)(C)OCN1CC(COC(C)(C)C)(COC(C)(C)C)C(N)(COC(C)(C)C)N(COC(C)(C)C)N1COC(C)(C)C. The van der Waals surface area contributed by atoms with Crippen molar-refractivity contribution in [3.8, 4) is 0 Å². The molecule has 0 aliphatic carbocycles. The van der Waals surface area contributed by atoms with E-state index in [2.05, 4.69) is 67.3 Å². The molecule has 0 radical (unpaired) electrons. The van der Waals surface area contributed by atoms with E-state index in [0.717, 1.165) is 0 Å². The average molecular weight is 619 g/mol. The predicted octanol–water partition coefficient (Wildman–Crippen LogP) is 6.14. The lowest BCUT2D eigenvalue weighted by Crippen LogP contribution is -2.83. The van der Waals surface area contributed by atoms with Crippen LogP contribution in [0, 0.1) is 5.41 Å². The van der Waals surface area contributed by atoms with Gasteiger partial charge in [0.15, 0.2) is 0 Å². The normalized spacial score (nSPS) is 22.4. The highest BCUT2D eigenvalue weighted by Crippen LogP contribution is 2.43. The highest BCUT2D eigenvalue weighted by molar-refractivity contribution is 5.06. The Hall–Kier alpha value is -0.400. The maximum atomic E-state index is 7.75. The summed E-state index contributed by atoms with van der Waals surface area (Å²) in [5.41, 5.74) is 3.37. The van der Waals surface area contributed by atoms with Crippen LogP contribution >= 0.6 is 0 Å². The molecule has 1 fully saturated rings. The topological polar surface area (TPSA) is 91.1 Å². The van der Waals surface area contributed by atoms with Gasteiger partial charge >= 0.3 is 0 Å². The number of nitrogens with zero attached hydrogens (tertiary/aromatic N) is 3. The number of hydrogen-bond acceptors (Lipinski definition) is 10. The van der Waals surface area contributed by atoms with Crippen LogP contribution < -0.4 is 5.73 Å². The van der Waals surface area contributed by atoms with Crippen LogP contribution in [0.1, 0.15) is 125 Å². The molecule has 0 aromatic rings. The standard InChI is InChI=1S/C33H70N4O6/c1-26(2,3)38-20-32(21-39-27(4,5)6)19-35(23-41-29(10,11)12)37(25-43-31(16,17)18)36(24-42-30(13,14)15)33(32,34)22-40-28(7,8)9/h19-25,34H2,1-18H3. The largest absolute Gasteiger partial charge is 0.375 e. The second-order valence-corrected chi connectivity index (χ2v) is 18.0. The molecular formula is C33H70N4O6. The van der Waals surface area contributed by atoms with Crippen LogP contribution in [-0.4, -0.2) is 101 Å². The summed E-state index contributed by atoms with van der Waals surface area (Å²) < 4.78 is 39.0. The first-order chi connectivity index (χ1) is 18.9. The minimum absolute atomic E-state index is 0.180. The fourth-order valence-electron chi connectivity index (χ4n) is 4.07. The Balaban J connectivity index is 3.99. The zero-order valence-corrected chi connectivity index (χ0v) is 31.3. The van der Waals surface area contributed by atoms with E-state index < -0.39 is 39.1 Å². The van der Waals surface area contributed by atoms with Crippen molar-refractivity contribution in [3.63, 3.8) is 0 Å². The van der Waals surface area contributed by atoms with Gasteiger partial charge in [-0.3, -0.25) is 0 Å². The Morgan fingerprint density at radius 3 is 1.16 bits per heavy atom. The monoisotopic (exact) mass is 619 g/mol. The molecule has 1 saturated heterocycles. The first-order valence-electron chi connectivity index (χ1n) is 15.8. The molecule has 2 N–H and O–H groups in total. The zero-order valence-electron chi connectivity index (χ0n) is 31.3. The van der Waals surface area contributed by atoms with Gasteiger partial charge in [-0.2, -0.15) is 10.0 Å². The third kappa shape index (κ3) is 14.7. The van der Waals surface area contributed by atoms with E-state index in [1.54, 1.807) is 0 Å². The third-order valence-electron chi connectivity index (χ3n) is 6.64. The second-order valence-electron chi connectivity index (χ2n) is 18.0. The van der Waals surface area contributed by atoms with Crippen molar-refractivity contribution < 1.29 is 28.4 Å². The average Bonchev–Trinajstić information content (AvgIpc) is 2.75. The highest BCUT2D eigenvalue weighted by atomic mass is 16.6. The van der Waals surface area contributed by atoms with Gasteiger partial charge in [-0.25, -0.2) is 0 Å². The molecule has 1 unspecified atom stereocenters. The number of hydrogen-bond donors (Lipinski definition) is 1. The first kappa shape index (κ1) is 40.6. The van der Waals surface area contributed by atoms with Crippen LogP contribution in [-0.2, 0) is 28.4 Å². The van der Waals surface area contributed by atoms with Gasteiger partial charge in [0.05, 0.1) is 58.8 Å². The number of ether oxygens (including phenoxy) is 6. The number of hydrazine groups is 2. The Labute approximate surface area is 265 Å². The van der Waals surface area contributed by atoms with Crippen LogP contribution in [0.25, 0.3) is 0 Å². The lowest BCUT2D eigenvalue weighted by Gasteiger charge is -2.63. The summed E-state index contributed by atoms with van der Waals surface area (Å²) in [7, 11) is 0. The molecule has 258 valence electrons. The van der Waals surface area contributed by atoms with E-state index >= 15 is 0 Å². The summed E-state index contributed by atoms with van der Waals surface area (Å²) in [6, 6.07) is 0. The predicted molar refractivity (Wildman–Crippen MR) is 174 cm³/mol. The summed E-state index contributed by atoms with van der Waals surface area (Å²) in [5.74, 6) is 0. The molecule has 43 heavy (non-hydrogen) atoms. The first-order valence-corrected chi connectivity index (χ1v) is 15.8. The molecular weight excluding hydrogens is 548 g/mol. The maximum Gasteiger partial charge on any atom is 0.128 e. The second kappa shape index (κ2) is 14.2. The quantitative estimate of drug-likeness (QED) is 0.275. The van der Waals surface area contributed by atoms with Crippen LogP contribution in [0.4, 0.5) is 0 Å². The van der Waals surface area contributed by atoms with Gasteiger partial charge in [0.1, 0.15) is 25.9 Å². The molecule has 10 nitrogen and oxygen atoms in total. The zero-order chi connectivity index (χ0) is 33.9. The minimum Gasteiger partial charge on any atom is -0.375 e. The van der Waals surface area contributed by atoms with E-state index in [0.29, 0.717) is 26.5 Å². The molecule has 1 aliphatic rings. The van der Waals surface area contributed by atoms with Gasteiger partial charge in [0.25, 0.3) is 0 Å². The molecule has 10 heteroatoms. The molecule has 0 aromatic heterocycles. The van der Waals surface area contributed by atoms with E-state index in [-0.39, 0.29) is 25.7 Å². The number of rotatable bonds is 12. The van der Waals surface area contributed by atoms with E-state index in [4.69, 9.17) is 34.2 Å². The van der Waals surface area contributed by atoms with E-state index in [1.165, 1.54) is 0 Å². The number of nitrogens with two attached hydrogens (primary N) is 1. The highest BCUT2D eigenvalue weighted by Gasteiger charge is 2.61. The Morgan fingerprint density at radius 2 is 0.791 bits per heavy atom. The smallest absolute Gasteiger partial charge is 0.128 e. The molecule has 0 spiro atoms. The molecule has 0 saturated carbocycles. The minimum atomic E-state index is -1.14. The summed E-state index contributed by atoms with van der Waals surface area (Å²) >= 11 is 0. The maximum absolute atomic E-state index is 7.75. The molecule has 1 rings (SSSR count). The Kier molecular flexibility index (Phi) is 13.4. The molecule has 0 aromatic carbocycles. The lowest BCUT2D eigenvalue weighted by molar-refractivity contribution is -0.393. The lowest BCUT2D eigenvalue weighted by atomic mass is 9.74. The van der Waals surface area contributed by atoms with Crippen molar-refractivity contribution in [2.75, 3.05) is 46.6 Å². The van der Waals surface area contributed by atoms with Crippen molar-refractivity contribution in [2.24, 2.45) is 11.1 Å². The van der Waals surface area contributed by atoms with Gasteiger partial charge in [-0.15, -0.1) is 5.12 Å². The van der Waals surface area contributed by atoms with Gasteiger partial charge in [-0.1, -0.05) is 0 Å². The molecule has 1 atom stereocenters. The molecule has 0 amide bonds. The van der Waals surface area contributed by atoms with Crippen molar-refractivity contribution in [2.45, 2.75) is 164 Å². The fourth-order valence-corrected chi connectivity index (χ4v) is 4.07. The van der Waals surface area contributed by atoms with Gasteiger partial charge in [0, 0.05) is 6.54 Å². The molecule has 1 heterocycles. The third-order valence-corrected chi connectivity index (χ3v) is 6.64. The summed E-state index contributed by atoms with van der Waals surface area (Å²) in [6.45, 7) is 38.9. The Bertz CT molecular complexity index is 824. The van der Waals surface area contributed by atoms with Crippen LogP contribution in [0.2, 0.25) is 0 Å². The van der Waals surface area contributed by atoms with Crippen molar-refractivity contribution in [1.29, 1.82) is 0 Å². The van der Waals surface area contributed by atoms with Crippen molar-refractivity contribution in [3.05, 3.63) is 0 Å². The van der Waals surface area contributed by atoms with Gasteiger partial charge in [-0.05, 0) is 125 Å². The summed E-state index contributed by atoms with van der Waals surface area (Å²) in [6.07, 6.45) is 0.